The first-order chi connectivity index (χ1) is 9.60. The molecule has 0 saturated carbocycles. The molecule has 1 aliphatic rings. The maximum Gasteiger partial charge on any atom is 0.326 e. The van der Waals surface area contributed by atoms with Gasteiger partial charge in [-0.15, -0.1) is 0 Å². The lowest BCUT2D eigenvalue weighted by atomic mass is 10.0. The van der Waals surface area contributed by atoms with Crippen LogP contribution in [0.1, 0.15) is 40.5 Å². The van der Waals surface area contributed by atoms with Crippen LogP contribution in [-0.2, 0) is 23.9 Å². The third-order valence-electron chi connectivity index (χ3n) is 3.05. The summed E-state index contributed by atoms with van der Waals surface area (Å²) >= 11 is 0. The molecular weight excluding hydrogens is 278 g/mol. The summed E-state index contributed by atoms with van der Waals surface area (Å²) in [4.78, 5) is 34.8. The topological polar surface area (TPSA) is 102 Å². The Morgan fingerprint density at radius 1 is 1.38 bits per heavy atom. The first-order valence-corrected chi connectivity index (χ1v) is 6.97. The van der Waals surface area contributed by atoms with Gasteiger partial charge in [-0.1, -0.05) is 6.92 Å². The molecular formula is C14H23NO6. The van der Waals surface area contributed by atoms with Gasteiger partial charge in [0.25, 0.3) is 0 Å². The standard InChI is InChI=1S/C14H23NO6/c1-8-5-6-20-11(8)12(17)15-9(13(18)19)7-10(16)21-14(2,3)4/h8-9,11H,5-7H2,1-4H3,(H,15,17)(H,18,19)/t8?,9-,11?/m0/s1. The molecule has 1 fully saturated rings. The number of carbonyl (C=O) groups is 3. The number of hydrogen-bond donors (Lipinski definition) is 2. The van der Waals surface area contributed by atoms with Crippen LogP contribution < -0.4 is 5.32 Å². The predicted octanol–water partition coefficient (Wildman–Crippen LogP) is 0.713. The van der Waals surface area contributed by atoms with Crippen LogP contribution in [0, 0.1) is 5.92 Å². The largest absolute Gasteiger partial charge is 0.480 e. The van der Waals surface area contributed by atoms with Crippen molar-refractivity contribution >= 4 is 17.8 Å². The minimum Gasteiger partial charge on any atom is -0.480 e. The van der Waals surface area contributed by atoms with Crippen LogP contribution in [0.2, 0.25) is 0 Å². The number of aliphatic carboxylic acids is 1. The van der Waals surface area contributed by atoms with E-state index in [-0.39, 0.29) is 5.92 Å². The lowest BCUT2D eigenvalue weighted by molar-refractivity contribution is -0.159. The zero-order chi connectivity index (χ0) is 16.2. The van der Waals surface area contributed by atoms with Gasteiger partial charge in [-0.3, -0.25) is 9.59 Å². The van der Waals surface area contributed by atoms with Crippen LogP contribution >= 0.6 is 0 Å². The average Bonchev–Trinajstić information content (AvgIpc) is 2.71. The molecule has 0 radical (unpaired) electrons. The minimum absolute atomic E-state index is 0.0287. The van der Waals surface area contributed by atoms with Crippen LogP contribution in [-0.4, -0.2) is 47.3 Å². The van der Waals surface area contributed by atoms with E-state index in [1.54, 1.807) is 20.8 Å². The van der Waals surface area contributed by atoms with E-state index in [0.29, 0.717) is 6.61 Å². The molecule has 1 aliphatic heterocycles. The highest BCUT2D eigenvalue weighted by molar-refractivity contribution is 5.89. The number of hydrogen-bond acceptors (Lipinski definition) is 5. The Bertz CT molecular complexity index is 414. The molecule has 0 aromatic heterocycles. The SMILES string of the molecule is CC1CCOC1C(=O)N[C@@H](CC(=O)OC(C)(C)C)C(=O)O. The average molecular weight is 301 g/mol. The van der Waals surface area contributed by atoms with Gasteiger partial charge in [-0.25, -0.2) is 4.79 Å². The molecule has 1 heterocycles. The number of carboxylic acid groups (broad SMARTS) is 1. The number of rotatable bonds is 5. The van der Waals surface area contributed by atoms with Gasteiger partial charge in [-0.05, 0) is 33.1 Å². The smallest absolute Gasteiger partial charge is 0.326 e. The molecule has 3 atom stereocenters. The summed E-state index contributed by atoms with van der Waals surface area (Å²) in [5.41, 5.74) is -0.701. The second kappa shape index (κ2) is 6.89. The van der Waals surface area contributed by atoms with Gasteiger partial charge in [0.15, 0.2) is 0 Å². The van der Waals surface area contributed by atoms with Crippen molar-refractivity contribution in [2.45, 2.75) is 58.3 Å². The van der Waals surface area contributed by atoms with Crippen LogP contribution in [0.4, 0.5) is 0 Å². The molecule has 21 heavy (non-hydrogen) atoms. The van der Waals surface area contributed by atoms with E-state index in [9.17, 15) is 14.4 Å². The second-order valence-corrected chi connectivity index (χ2v) is 6.25. The summed E-state index contributed by atoms with van der Waals surface area (Å²) in [6.45, 7) is 7.40. The van der Waals surface area contributed by atoms with E-state index < -0.39 is 42.0 Å². The molecule has 0 aromatic carbocycles. The van der Waals surface area contributed by atoms with Crippen molar-refractivity contribution in [2.75, 3.05) is 6.61 Å². The van der Waals surface area contributed by atoms with Crippen molar-refractivity contribution in [2.24, 2.45) is 5.92 Å². The van der Waals surface area contributed by atoms with E-state index in [4.69, 9.17) is 14.6 Å². The van der Waals surface area contributed by atoms with Crippen molar-refractivity contribution in [3.8, 4) is 0 Å². The van der Waals surface area contributed by atoms with Crippen LogP contribution in [0.25, 0.3) is 0 Å². The number of amides is 1. The zero-order valence-electron chi connectivity index (χ0n) is 12.8. The summed E-state index contributed by atoms with van der Waals surface area (Å²) in [6, 6.07) is -1.32. The molecule has 0 aromatic rings. The maximum atomic E-state index is 12.0. The third kappa shape index (κ3) is 5.71. The Hall–Kier alpha value is -1.63. The molecule has 1 saturated heterocycles. The van der Waals surface area contributed by atoms with Crippen molar-refractivity contribution in [1.82, 2.24) is 5.32 Å². The number of carbonyl (C=O) groups excluding carboxylic acids is 2. The second-order valence-electron chi connectivity index (χ2n) is 6.25. The monoisotopic (exact) mass is 301 g/mol. The summed E-state index contributed by atoms with van der Waals surface area (Å²) in [6.07, 6.45) is -0.327. The first kappa shape index (κ1) is 17.4. The molecule has 2 unspecified atom stereocenters. The van der Waals surface area contributed by atoms with Gasteiger partial charge < -0.3 is 19.9 Å². The Balaban J connectivity index is 2.59. The Labute approximate surface area is 124 Å². The highest BCUT2D eigenvalue weighted by Crippen LogP contribution is 2.20. The molecule has 2 N–H and O–H groups in total. The van der Waals surface area contributed by atoms with Crippen LogP contribution in [0.15, 0.2) is 0 Å². The fourth-order valence-electron chi connectivity index (χ4n) is 2.03. The van der Waals surface area contributed by atoms with E-state index in [1.807, 2.05) is 6.92 Å². The Morgan fingerprint density at radius 3 is 2.43 bits per heavy atom. The van der Waals surface area contributed by atoms with Crippen LogP contribution in [0.5, 0.6) is 0 Å². The highest BCUT2D eigenvalue weighted by atomic mass is 16.6. The van der Waals surface area contributed by atoms with E-state index in [0.717, 1.165) is 6.42 Å². The normalized spacial score (nSPS) is 23.4. The number of esters is 1. The third-order valence-corrected chi connectivity index (χ3v) is 3.05. The van der Waals surface area contributed by atoms with Gasteiger partial charge >= 0.3 is 11.9 Å². The van der Waals surface area contributed by atoms with Gasteiger partial charge in [-0.2, -0.15) is 0 Å². The molecule has 1 amide bonds. The number of nitrogens with one attached hydrogen (secondary N) is 1. The summed E-state index contributed by atoms with van der Waals surface area (Å²) < 4.78 is 10.3. The fraction of sp³-hybridized carbons (Fsp3) is 0.786. The fourth-order valence-corrected chi connectivity index (χ4v) is 2.03. The quantitative estimate of drug-likeness (QED) is 0.725. The van der Waals surface area contributed by atoms with Gasteiger partial charge in [0.05, 0.1) is 6.42 Å². The summed E-state index contributed by atoms with van der Waals surface area (Å²) in [5, 5.41) is 11.5. The number of carboxylic acids is 1. The predicted molar refractivity (Wildman–Crippen MR) is 73.5 cm³/mol. The molecule has 7 nitrogen and oxygen atoms in total. The Morgan fingerprint density at radius 2 is 2.00 bits per heavy atom. The molecule has 1 rings (SSSR count). The molecule has 7 heteroatoms. The van der Waals surface area contributed by atoms with Gasteiger partial charge in [0.1, 0.15) is 17.7 Å². The first-order valence-electron chi connectivity index (χ1n) is 6.97. The van der Waals surface area contributed by atoms with E-state index >= 15 is 0 Å². The van der Waals surface area contributed by atoms with Crippen LogP contribution in [0.3, 0.4) is 0 Å². The summed E-state index contributed by atoms with van der Waals surface area (Å²) in [7, 11) is 0. The van der Waals surface area contributed by atoms with Crippen molar-refractivity contribution in [3.05, 3.63) is 0 Å². The van der Waals surface area contributed by atoms with Crippen molar-refractivity contribution in [3.63, 3.8) is 0 Å². The molecule has 120 valence electrons. The zero-order valence-corrected chi connectivity index (χ0v) is 12.8. The lowest BCUT2D eigenvalue weighted by Crippen LogP contribution is -2.48. The molecule has 0 bridgehead atoms. The maximum absolute atomic E-state index is 12.0. The lowest BCUT2D eigenvalue weighted by Gasteiger charge is -2.22. The van der Waals surface area contributed by atoms with E-state index in [1.165, 1.54) is 0 Å². The summed E-state index contributed by atoms with van der Waals surface area (Å²) in [5.74, 6) is -2.42. The van der Waals surface area contributed by atoms with Crippen molar-refractivity contribution < 1.29 is 29.0 Å². The number of ether oxygens (including phenoxy) is 2. The molecule has 0 aliphatic carbocycles. The highest BCUT2D eigenvalue weighted by Gasteiger charge is 2.34. The van der Waals surface area contributed by atoms with E-state index in [2.05, 4.69) is 5.32 Å². The Kier molecular flexibility index (Phi) is 5.71. The van der Waals surface area contributed by atoms with Gasteiger partial charge in [0, 0.05) is 6.61 Å². The van der Waals surface area contributed by atoms with Crippen molar-refractivity contribution in [1.29, 1.82) is 0 Å². The molecule has 0 spiro atoms. The van der Waals surface area contributed by atoms with Gasteiger partial charge in [0.2, 0.25) is 5.91 Å². The minimum atomic E-state index is -1.32.